The zero-order valence-corrected chi connectivity index (χ0v) is 13.9. The number of benzene rings is 2. The predicted molar refractivity (Wildman–Crippen MR) is 87.3 cm³/mol. The molecule has 0 atom stereocenters. The molecule has 0 saturated carbocycles. The Bertz CT molecular complexity index is 744. The molecule has 5 heteroatoms. The summed E-state index contributed by atoms with van der Waals surface area (Å²) in [5, 5.41) is 0. The lowest BCUT2D eigenvalue weighted by Gasteiger charge is -2.28. The van der Waals surface area contributed by atoms with Crippen molar-refractivity contribution in [2.24, 2.45) is 0 Å². The van der Waals surface area contributed by atoms with Crippen molar-refractivity contribution in [2.75, 3.05) is 6.54 Å². The van der Waals surface area contributed by atoms with Crippen LogP contribution in [0.1, 0.15) is 16.7 Å². The number of sulfonamides is 1. The third-order valence-corrected chi connectivity index (χ3v) is 6.02. The molecule has 1 aliphatic heterocycles. The van der Waals surface area contributed by atoms with Gasteiger partial charge in [-0.1, -0.05) is 52.3 Å². The first-order valence-electron chi connectivity index (χ1n) is 6.84. The van der Waals surface area contributed by atoms with Gasteiger partial charge in [0, 0.05) is 17.6 Å². The highest BCUT2D eigenvalue weighted by Gasteiger charge is 2.26. The maximum atomic E-state index is 12.6. The molecule has 0 fully saturated rings. The largest absolute Gasteiger partial charge is 0.218 e. The second kappa shape index (κ2) is 5.91. The van der Waals surface area contributed by atoms with Crippen LogP contribution in [-0.4, -0.2) is 19.3 Å². The monoisotopic (exact) mass is 365 g/mol. The molecule has 3 nitrogen and oxygen atoms in total. The number of hydrogen-bond acceptors (Lipinski definition) is 2. The summed E-state index contributed by atoms with van der Waals surface area (Å²) in [7, 11) is -3.27. The summed E-state index contributed by atoms with van der Waals surface area (Å²) in [5.74, 6) is 0.0666. The topological polar surface area (TPSA) is 37.4 Å². The fourth-order valence-corrected chi connectivity index (χ4v) is 4.52. The van der Waals surface area contributed by atoms with Gasteiger partial charge in [-0.2, -0.15) is 4.31 Å². The normalized spacial score (nSPS) is 15.7. The van der Waals surface area contributed by atoms with Gasteiger partial charge in [0.1, 0.15) is 0 Å². The maximum absolute atomic E-state index is 12.6. The lowest BCUT2D eigenvalue weighted by atomic mass is 10.0. The Labute approximate surface area is 133 Å². The maximum Gasteiger partial charge on any atom is 0.218 e. The van der Waals surface area contributed by atoms with Gasteiger partial charge in [0.2, 0.25) is 10.0 Å². The molecular formula is C16H16BrNO2S. The van der Waals surface area contributed by atoms with Crippen LogP contribution in [-0.2, 0) is 28.7 Å². The van der Waals surface area contributed by atoms with Crippen molar-refractivity contribution >= 4 is 26.0 Å². The second-order valence-corrected chi connectivity index (χ2v) is 8.12. The van der Waals surface area contributed by atoms with E-state index >= 15 is 0 Å². The number of nitrogens with zero attached hydrogens (tertiary/aromatic N) is 1. The van der Waals surface area contributed by atoms with Gasteiger partial charge in [-0.05, 0) is 35.2 Å². The van der Waals surface area contributed by atoms with Crippen LogP contribution < -0.4 is 0 Å². The summed E-state index contributed by atoms with van der Waals surface area (Å²) in [4.78, 5) is 0. The fraction of sp³-hybridized carbons (Fsp3) is 0.250. The van der Waals surface area contributed by atoms with E-state index in [1.165, 1.54) is 5.56 Å². The highest BCUT2D eigenvalue weighted by Crippen LogP contribution is 2.25. The van der Waals surface area contributed by atoms with Crippen molar-refractivity contribution in [2.45, 2.75) is 18.7 Å². The smallest absolute Gasteiger partial charge is 0.212 e. The Balaban J connectivity index is 1.81. The first kappa shape index (κ1) is 14.8. The summed E-state index contributed by atoms with van der Waals surface area (Å²) < 4.78 is 27.7. The highest BCUT2D eigenvalue weighted by molar-refractivity contribution is 9.10. The van der Waals surface area contributed by atoms with Crippen LogP contribution in [0.3, 0.4) is 0 Å². The molecule has 0 amide bonds. The molecule has 1 aliphatic rings. The molecule has 0 bridgehead atoms. The van der Waals surface area contributed by atoms with Crippen LogP contribution in [0.5, 0.6) is 0 Å². The summed E-state index contributed by atoms with van der Waals surface area (Å²) >= 11 is 3.45. The van der Waals surface area contributed by atoms with Gasteiger partial charge in [0.15, 0.2) is 0 Å². The quantitative estimate of drug-likeness (QED) is 0.836. The van der Waals surface area contributed by atoms with Crippen LogP contribution >= 0.6 is 15.9 Å². The Morgan fingerprint density at radius 2 is 1.81 bits per heavy atom. The van der Waals surface area contributed by atoms with Crippen LogP contribution in [0, 0.1) is 0 Å². The molecule has 2 aromatic rings. The minimum Gasteiger partial charge on any atom is -0.212 e. The fourth-order valence-electron chi connectivity index (χ4n) is 2.61. The van der Waals surface area contributed by atoms with Gasteiger partial charge in [0.25, 0.3) is 0 Å². The average Bonchev–Trinajstić information content (AvgIpc) is 2.47. The first-order chi connectivity index (χ1) is 10.0. The van der Waals surface area contributed by atoms with Crippen LogP contribution in [0.15, 0.2) is 53.0 Å². The van der Waals surface area contributed by atoms with Gasteiger partial charge < -0.3 is 0 Å². The number of fused-ring (bicyclic) bond motifs is 1. The minimum atomic E-state index is -3.27. The van der Waals surface area contributed by atoms with Crippen molar-refractivity contribution in [3.05, 3.63) is 69.7 Å². The molecule has 0 saturated heterocycles. The van der Waals surface area contributed by atoms with Crippen LogP contribution in [0.25, 0.3) is 0 Å². The van der Waals surface area contributed by atoms with E-state index in [-0.39, 0.29) is 5.75 Å². The molecule has 21 heavy (non-hydrogen) atoms. The molecule has 110 valence electrons. The van der Waals surface area contributed by atoms with E-state index in [1.54, 1.807) is 4.31 Å². The van der Waals surface area contributed by atoms with Crippen molar-refractivity contribution in [3.8, 4) is 0 Å². The van der Waals surface area contributed by atoms with E-state index in [2.05, 4.69) is 22.0 Å². The third-order valence-electron chi connectivity index (χ3n) is 3.73. The minimum absolute atomic E-state index is 0.0666. The van der Waals surface area contributed by atoms with E-state index in [0.717, 1.165) is 22.0 Å². The molecule has 0 N–H and O–H groups in total. The van der Waals surface area contributed by atoms with Gasteiger partial charge in [-0.15, -0.1) is 0 Å². The lowest BCUT2D eigenvalue weighted by Crippen LogP contribution is -2.36. The Morgan fingerprint density at radius 1 is 1.05 bits per heavy atom. The summed E-state index contributed by atoms with van der Waals surface area (Å²) in [6.45, 7) is 1.02. The zero-order chi connectivity index (χ0) is 14.9. The lowest BCUT2D eigenvalue weighted by molar-refractivity contribution is 0.390. The predicted octanol–water partition coefficient (Wildman–Crippen LogP) is 3.34. The van der Waals surface area contributed by atoms with E-state index in [9.17, 15) is 8.42 Å². The van der Waals surface area contributed by atoms with Gasteiger partial charge in [-0.3, -0.25) is 0 Å². The standard InChI is InChI=1S/C16H16BrNO2S/c17-16-7-6-14-8-9-18(11-15(14)10-16)21(19,20)12-13-4-2-1-3-5-13/h1-7,10H,8-9,11-12H2. The third kappa shape index (κ3) is 3.36. The van der Waals surface area contributed by atoms with Crippen molar-refractivity contribution in [1.29, 1.82) is 0 Å². The average molecular weight is 366 g/mol. The van der Waals surface area contributed by atoms with Crippen molar-refractivity contribution in [3.63, 3.8) is 0 Å². The van der Waals surface area contributed by atoms with E-state index in [0.29, 0.717) is 13.1 Å². The number of halogens is 1. The van der Waals surface area contributed by atoms with E-state index in [1.807, 2.05) is 42.5 Å². The molecule has 0 unspecified atom stereocenters. The molecular weight excluding hydrogens is 350 g/mol. The van der Waals surface area contributed by atoms with Crippen molar-refractivity contribution < 1.29 is 8.42 Å². The van der Waals surface area contributed by atoms with E-state index in [4.69, 9.17) is 0 Å². The molecule has 0 radical (unpaired) electrons. The second-order valence-electron chi connectivity index (χ2n) is 5.24. The summed E-state index contributed by atoms with van der Waals surface area (Å²) in [6.07, 6.45) is 0.774. The van der Waals surface area contributed by atoms with Gasteiger partial charge in [-0.25, -0.2) is 8.42 Å². The van der Waals surface area contributed by atoms with Gasteiger partial charge >= 0.3 is 0 Å². The summed E-state index contributed by atoms with van der Waals surface area (Å²) in [6, 6.07) is 15.4. The van der Waals surface area contributed by atoms with Gasteiger partial charge in [0.05, 0.1) is 5.75 Å². The van der Waals surface area contributed by atoms with Crippen molar-refractivity contribution in [1.82, 2.24) is 4.31 Å². The first-order valence-corrected chi connectivity index (χ1v) is 9.24. The molecule has 2 aromatic carbocycles. The Morgan fingerprint density at radius 3 is 2.57 bits per heavy atom. The summed E-state index contributed by atoms with van der Waals surface area (Å²) in [5.41, 5.74) is 3.16. The number of rotatable bonds is 3. The SMILES string of the molecule is O=S(=O)(Cc1ccccc1)N1CCc2ccc(Br)cc2C1. The molecule has 1 heterocycles. The number of hydrogen-bond donors (Lipinski definition) is 0. The zero-order valence-electron chi connectivity index (χ0n) is 11.5. The Kier molecular flexibility index (Phi) is 4.15. The molecule has 0 aromatic heterocycles. The van der Waals surface area contributed by atoms with Crippen LogP contribution in [0.2, 0.25) is 0 Å². The Hall–Kier alpha value is -1.17. The van der Waals surface area contributed by atoms with Crippen LogP contribution in [0.4, 0.5) is 0 Å². The molecule has 0 spiro atoms. The van der Waals surface area contributed by atoms with E-state index < -0.39 is 10.0 Å². The molecule has 3 rings (SSSR count). The molecule has 0 aliphatic carbocycles. The highest BCUT2D eigenvalue weighted by atomic mass is 79.9.